The Morgan fingerprint density at radius 1 is 1.07 bits per heavy atom. The summed E-state index contributed by atoms with van der Waals surface area (Å²) in [6.45, 7) is 3.74. The SMILES string of the molecule is C=CCSc1nnc2c(n1)O[C@H](c1cn[nH]c1-c1ccccc1)Nc1ccccc1-2. The number of nitrogens with one attached hydrogen (secondary N) is 2. The fourth-order valence-electron chi connectivity index (χ4n) is 3.31. The first-order valence-corrected chi connectivity index (χ1v) is 10.4. The van der Waals surface area contributed by atoms with Crippen molar-refractivity contribution < 1.29 is 4.74 Å². The van der Waals surface area contributed by atoms with E-state index in [1.807, 2.05) is 54.6 Å². The van der Waals surface area contributed by atoms with Crippen molar-refractivity contribution in [3.05, 3.63) is 79.0 Å². The fraction of sp³-hybridized carbons (Fsp3) is 0.0909. The zero-order valence-electron chi connectivity index (χ0n) is 15.9. The van der Waals surface area contributed by atoms with E-state index in [-0.39, 0.29) is 0 Å². The molecule has 2 aromatic heterocycles. The molecule has 2 N–H and O–H groups in total. The maximum atomic E-state index is 6.34. The lowest BCUT2D eigenvalue weighted by Crippen LogP contribution is -2.17. The molecule has 1 aliphatic heterocycles. The second kappa shape index (κ2) is 8.00. The van der Waals surface area contributed by atoms with Gasteiger partial charge in [0.1, 0.15) is 0 Å². The molecule has 0 saturated heterocycles. The molecule has 148 valence electrons. The van der Waals surface area contributed by atoms with Crippen LogP contribution in [0.4, 0.5) is 5.69 Å². The Hall–Kier alpha value is -3.65. The van der Waals surface area contributed by atoms with E-state index in [1.165, 1.54) is 11.8 Å². The zero-order chi connectivity index (χ0) is 20.3. The van der Waals surface area contributed by atoms with Crippen molar-refractivity contribution in [1.29, 1.82) is 0 Å². The summed E-state index contributed by atoms with van der Waals surface area (Å²) in [5.41, 5.74) is 5.17. The van der Waals surface area contributed by atoms with Crippen molar-refractivity contribution in [1.82, 2.24) is 25.4 Å². The average molecular weight is 414 g/mol. The topological polar surface area (TPSA) is 88.6 Å². The Morgan fingerprint density at radius 2 is 1.90 bits per heavy atom. The quantitative estimate of drug-likeness (QED) is 0.361. The first-order valence-electron chi connectivity index (χ1n) is 9.43. The third kappa shape index (κ3) is 3.42. The minimum atomic E-state index is -0.504. The Morgan fingerprint density at radius 3 is 2.77 bits per heavy atom. The summed E-state index contributed by atoms with van der Waals surface area (Å²) < 4.78 is 6.34. The molecule has 0 fully saturated rings. The van der Waals surface area contributed by atoms with Crippen LogP contribution in [-0.4, -0.2) is 31.1 Å². The number of anilines is 1. The number of hydrogen-bond acceptors (Lipinski definition) is 7. The van der Waals surface area contributed by atoms with Crippen LogP contribution in [0.3, 0.4) is 0 Å². The summed E-state index contributed by atoms with van der Waals surface area (Å²) in [6, 6.07) is 17.9. The number of hydrogen-bond donors (Lipinski definition) is 2. The highest BCUT2D eigenvalue weighted by atomic mass is 32.2. The molecule has 3 heterocycles. The number of H-pyrrole nitrogens is 1. The highest BCUT2D eigenvalue weighted by Gasteiger charge is 2.28. The van der Waals surface area contributed by atoms with Crippen LogP contribution in [0.15, 0.2) is 78.6 Å². The van der Waals surface area contributed by atoms with Crippen LogP contribution in [0.1, 0.15) is 11.8 Å². The maximum absolute atomic E-state index is 6.34. The van der Waals surface area contributed by atoms with E-state index in [4.69, 9.17) is 4.74 Å². The lowest BCUT2D eigenvalue weighted by molar-refractivity contribution is 0.226. The molecule has 1 aliphatic rings. The van der Waals surface area contributed by atoms with Crippen LogP contribution in [0.2, 0.25) is 0 Å². The summed E-state index contributed by atoms with van der Waals surface area (Å²) in [5, 5.41) is 20.0. The molecule has 0 bridgehead atoms. The zero-order valence-corrected chi connectivity index (χ0v) is 16.8. The number of nitrogens with zero attached hydrogens (tertiary/aromatic N) is 4. The Bertz CT molecular complexity index is 1190. The first kappa shape index (κ1) is 18.4. The van der Waals surface area contributed by atoms with Gasteiger partial charge >= 0.3 is 0 Å². The maximum Gasteiger partial charge on any atom is 0.247 e. The highest BCUT2D eigenvalue weighted by Crippen LogP contribution is 2.40. The number of aromatic nitrogens is 5. The van der Waals surface area contributed by atoms with E-state index in [0.717, 1.165) is 28.1 Å². The number of rotatable bonds is 5. The molecule has 30 heavy (non-hydrogen) atoms. The van der Waals surface area contributed by atoms with Gasteiger partial charge in [-0.1, -0.05) is 66.4 Å². The predicted molar refractivity (Wildman–Crippen MR) is 117 cm³/mol. The van der Waals surface area contributed by atoms with E-state index in [1.54, 1.807) is 12.3 Å². The summed E-state index contributed by atoms with van der Waals surface area (Å²) in [4.78, 5) is 4.62. The molecule has 0 saturated carbocycles. The summed E-state index contributed by atoms with van der Waals surface area (Å²) >= 11 is 1.46. The number of fused-ring (bicyclic) bond motifs is 3. The van der Waals surface area contributed by atoms with Gasteiger partial charge in [-0.05, 0) is 6.07 Å². The van der Waals surface area contributed by atoms with Crippen LogP contribution < -0.4 is 10.1 Å². The van der Waals surface area contributed by atoms with Gasteiger partial charge < -0.3 is 10.1 Å². The molecular weight excluding hydrogens is 396 g/mol. The summed E-state index contributed by atoms with van der Waals surface area (Å²) in [5.74, 6) is 1.12. The number of thioether (sulfide) groups is 1. The molecule has 0 aliphatic carbocycles. The average Bonchev–Trinajstić information content (AvgIpc) is 3.22. The lowest BCUT2D eigenvalue weighted by Gasteiger charge is -2.19. The Kier molecular flexibility index (Phi) is 4.90. The Labute approximate surface area is 177 Å². The minimum Gasteiger partial charge on any atom is -0.448 e. The molecule has 2 aromatic carbocycles. The molecule has 5 rings (SSSR count). The summed E-state index contributed by atoms with van der Waals surface area (Å²) in [6.07, 6.45) is 3.07. The second-order valence-electron chi connectivity index (χ2n) is 6.60. The largest absolute Gasteiger partial charge is 0.448 e. The van der Waals surface area contributed by atoms with Crippen molar-refractivity contribution >= 4 is 17.4 Å². The van der Waals surface area contributed by atoms with Crippen LogP contribution in [-0.2, 0) is 0 Å². The van der Waals surface area contributed by atoms with Crippen LogP contribution >= 0.6 is 11.8 Å². The summed E-state index contributed by atoms with van der Waals surface area (Å²) in [7, 11) is 0. The van der Waals surface area contributed by atoms with Gasteiger partial charge in [0.25, 0.3) is 0 Å². The first-order chi connectivity index (χ1) is 14.8. The predicted octanol–water partition coefficient (Wildman–Crippen LogP) is 4.71. The molecule has 0 unspecified atom stereocenters. The van der Waals surface area contributed by atoms with Crippen molar-refractivity contribution in [3.63, 3.8) is 0 Å². The smallest absolute Gasteiger partial charge is 0.247 e. The number of aromatic amines is 1. The van der Waals surface area contributed by atoms with Crippen molar-refractivity contribution in [2.45, 2.75) is 11.4 Å². The Balaban J connectivity index is 1.60. The van der Waals surface area contributed by atoms with Crippen LogP contribution in [0.5, 0.6) is 5.88 Å². The molecule has 0 radical (unpaired) electrons. The van der Waals surface area contributed by atoms with Gasteiger partial charge in [-0.2, -0.15) is 10.1 Å². The molecule has 0 amide bonds. The minimum absolute atomic E-state index is 0.430. The molecule has 8 heteroatoms. The lowest BCUT2D eigenvalue weighted by atomic mass is 10.1. The van der Waals surface area contributed by atoms with Gasteiger partial charge in [-0.25, -0.2) is 0 Å². The molecule has 4 aromatic rings. The van der Waals surface area contributed by atoms with E-state index in [9.17, 15) is 0 Å². The van der Waals surface area contributed by atoms with Crippen molar-refractivity contribution in [2.75, 3.05) is 11.1 Å². The molecule has 1 atom stereocenters. The number of benzene rings is 2. The fourth-order valence-corrected chi connectivity index (χ4v) is 3.83. The van der Waals surface area contributed by atoms with E-state index in [0.29, 0.717) is 22.5 Å². The van der Waals surface area contributed by atoms with Crippen LogP contribution in [0.25, 0.3) is 22.5 Å². The van der Waals surface area contributed by atoms with Crippen molar-refractivity contribution in [2.24, 2.45) is 0 Å². The number of para-hydroxylation sites is 1. The van der Waals surface area contributed by atoms with Gasteiger partial charge in [0.2, 0.25) is 17.3 Å². The van der Waals surface area contributed by atoms with Gasteiger partial charge in [-0.3, -0.25) is 5.10 Å². The normalized spacial score (nSPS) is 14.6. The van der Waals surface area contributed by atoms with Crippen LogP contribution in [0, 0.1) is 0 Å². The van der Waals surface area contributed by atoms with Gasteiger partial charge in [-0.15, -0.1) is 16.8 Å². The molecule has 0 spiro atoms. The molecule has 7 nitrogen and oxygen atoms in total. The van der Waals surface area contributed by atoms with E-state index < -0.39 is 6.23 Å². The van der Waals surface area contributed by atoms with E-state index in [2.05, 4.69) is 37.3 Å². The number of ether oxygens (including phenoxy) is 1. The third-order valence-corrected chi connectivity index (χ3v) is 5.51. The van der Waals surface area contributed by atoms with Gasteiger partial charge in [0.15, 0.2) is 5.69 Å². The second-order valence-corrected chi connectivity index (χ2v) is 7.59. The standard InChI is InChI=1S/C22H18N6OS/c1-2-12-30-22-25-21-19(27-28-22)15-10-6-7-11-17(15)24-20(29-21)16-13-23-26-18(16)14-8-4-3-5-9-14/h2-11,13,20,24H,1,12H2,(H,23,26)/t20-/m1/s1. The molecular formula is C22H18N6OS. The van der Waals surface area contributed by atoms with Gasteiger partial charge in [0, 0.05) is 22.6 Å². The monoisotopic (exact) mass is 414 g/mol. The highest BCUT2D eigenvalue weighted by molar-refractivity contribution is 7.99. The van der Waals surface area contributed by atoms with Crippen molar-refractivity contribution in [3.8, 4) is 28.4 Å². The van der Waals surface area contributed by atoms with E-state index >= 15 is 0 Å². The van der Waals surface area contributed by atoms with Gasteiger partial charge in [0.05, 0.1) is 17.5 Å². The third-order valence-electron chi connectivity index (χ3n) is 4.68.